The van der Waals surface area contributed by atoms with E-state index in [4.69, 9.17) is 33.5 Å². The van der Waals surface area contributed by atoms with E-state index in [2.05, 4.69) is 0 Å². The number of phenolic OH excluding ortho intramolecular Hbond substituents is 12. The number of hydrogen-bond donors (Lipinski definition) is 12. The standard InChI is InChI=1S/C16H14O5.C16H16O5.2C16H14O4.C14H12O5/c1-20-14-6-11(18)7-15-16(14)12(19)8-13(21-15)9-2-4-10(17)5-3-9;1-21-15-9-12(18)8-14(20)16(15)13(19)7-4-10-2-5-11(17)6-3-10;17-12-3-1-10(2-4-12)7-11-9-20-15-8-13(18)5-6-14(15)16(11)19;1-20-16-10-13(18)7-8-14(16)15(19)9-4-11-2-5-12(17)6-3-11;1-19-10-6-11(16)13(12(17)7-10)14(18)8-2-4-9(15)5-3-8/h2-7,13,17-18H,8H2,1H3;2-3,5-6,8-9,17-18,20H,4,7H2,1H3;1-6,8,11,17-18H,7,9H2;2-10,17-18H,1H3;2-7,15-17H,1H3/b;;;9-4+;/t13-;;;;/m0..../s1. The van der Waals surface area contributed by atoms with Crippen LogP contribution in [0.3, 0.4) is 0 Å². The number of allylic oxidation sites excluding steroid dienone is 1. The van der Waals surface area contributed by atoms with Gasteiger partial charge in [0, 0.05) is 60.5 Å². The van der Waals surface area contributed by atoms with Gasteiger partial charge in [-0.05, 0) is 138 Å². The van der Waals surface area contributed by atoms with Crippen LogP contribution in [0, 0.1) is 5.92 Å². The SMILES string of the molecule is COc1cc(O)c(C(=O)c2ccc(O)cc2)c(O)c1.COc1cc(O)cc(O)c1C(=O)CCc1ccc(O)cc1.COc1cc(O)cc2c1C(=O)C[C@@H](c1ccc(O)cc1)O2.COc1cc(O)ccc1C(=O)/C=C/c1ccc(O)cc1.O=C1c2ccc(O)cc2OCC1Cc1ccc(O)cc1. The predicted molar refractivity (Wildman–Crippen MR) is 369 cm³/mol. The highest BCUT2D eigenvalue weighted by Crippen LogP contribution is 2.43. The van der Waals surface area contributed by atoms with Crippen molar-refractivity contribution in [3.05, 3.63) is 256 Å². The lowest BCUT2D eigenvalue weighted by molar-refractivity contribution is 0.0825. The highest BCUT2D eigenvalue weighted by Gasteiger charge is 2.32. The lowest BCUT2D eigenvalue weighted by Crippen LogP contribution is -2.29. The van der Waals surface area contributed by atoms with Gasteiger partial charge in [-0.15, -0.1) is 0 Å². The molecule has 12 rings (SSSR count). The van der Waals surface area contributed by atoms with Crippen molar-refractivity contribution in [1.29, 1.82) is 0 Å². The number of hydrogen-bond acceptors (Lipinski definition) is 23. The summed E-state index contributed by atoms with van der Waals surface area (Å²) < 4.78 is 31.4. The van der Waals surface area contributed by atoms with Crippen LogP contribution in [-0.2, 0) is 12.8 Å². The zero-order valence-corrected chi connectivity index (χ0v) is 54.7. The minimum Gasteiger partial charge on any atom is -0.508 e. The Morgan fingerprint density at radius 2 is 0.960 bits per heavy atom. The van der Waals surface area contributed by atoms with E-state index >= 15 is 0 Å². The number of aryl methyl sites for hydroxylation is 1. The van der Waals surface area contributed by atoms with Crippen molar-refractivity contribution in [3.63, 3.8) is 0 Å². The fraction of sp³-hybridized carbons (Fsp3) is 0.141. The Morgan fingerprint density at radius 1 is 0.475 bits per heavy atom. The number of rotatable bonds is 16. The largest absolute Gasteiger partial charge is 0.508 e. The van der Waals surface area contributed by atoms with Crippen LogP contribution in [0.4, 0.5) is 0 Å². The van der Waals surface area contributed by atoms with E-state index in [1.165, 1.54) is 119 Å². The predicted octanol–water partition coefficient (Wildman–Crippen LogP) is 13.0. The van der Waals surface area contributed by atoms with E-state index in [1.54, 1.807) is 109 Å². The number of aromatic hydroxyl groups is 12. The minimum atomic E-state index is -0.544. The molecule has 10 aromatic rings. The lowest BCUT2D eigenvalue weighted by Gasteiger charge is -2.26. The molecule has 0 saturated carbocycles. The summed E-state index contributed by atoms with van der Waals surface area (Å²) in [6, 6.07) is 48.5. The fourth-order valence-corrected chi connectivity index (χ4v) is 10.3. The minimum absolute atomic E-state index is 0.0234. The molecule has 2 aliphatic heterocycles. The number of fused-ring (bicyclic) bond motifs is 2. The molecule has 101 heavy (non-hydrogen) atoms. The van der Waals surface area contributed by atoms with Crippen LogP contribution in [-0.4, -0.2) is 125 Å². The van der Waals surface area contributed by atoms with Crippen molar-refractivity contribution in [3.8, 4) is 103 Å². The maximum Gasteiger partial charge on any atom is 0.200 e. The van der Waals surface area contributed by atoms with Gasteiger partial charge in [0.05, 0.1) is 58.5 Å². The molecule has 1 unspecified atom stereocenters. The summed E-state index contributed by atoms with van der Waals surface area (Å²) in [5.74, 6) is 0.0407. The molecule has 0 saturated heterocycles. The van der Waals surface area contributed by atoms with Crippen LogP contribution in [0.2, 0.25) is 0 Å². The Kier molecular flexibility index (Phi) is 24.8. The summed E-state index contributed by atoms with van der Waals surface area (Å²) in [7, 11) is 5.63. The summed E-state index contributed by atoms with van der Waals surface area (Å²) in [6.07, 6.45) is 4.02. The summed E-state index contributed by atoms with van der Waals surface area (Å²) in [4.78, 5) is 61.2. The normalized spacial score (nSPS) is 13.1. The van der Waals surface area contributed by atoms with Crippen LogP contribution in [0.15, 0.2) is 200 Å². The van der Waals surface area contributed by atoms with E-state index < -0.39 is 11.9 Å². The van der Waals surface area contributed by atoms with Crippen molar-refractivity contribution in [1.82, 2.24) is 0 Å². The van der Waals surface area contributed by atoms with Gasteiger partial charge in [-0.2, -0.15) is 0 Å². The maximum atomic E-state index is 12.4. The quantitative estimate of drug-likeness (QED) is 0.0316. The Labute approximate surface area is 578 Å². The number of carbonyl (C=O) groups is 5. The van der Waals surface area contributed by atoms with Gasteiger partial charge < -0.3 is 89.7 Å². The number of ether oxygens (including phenoxy) is 6. The second kappa shape index (κ2) is 34.1. The van der Waals surface area contributed by atoms with Gasteiger partial charge in [-0.3, -0.25) is 24.0 Å². The molecule has 10 aromatic carbocycles. The van der Waals surface area contributed by atoms with E-state index in [9.17, 15) is 80.1 Å². The van der Waals surface area contributed by atoms with E-state index in [0.29, 0.717) is 59.1 Å². The Balaban J connectivity index is 0.000000160. The van der Waals surface area contributed by atoms with Crippen molar-refractivity contribution < 1.29 is 114 Å². The zero-order valence-electron chi connectivity index (χ0n) is 54.7. The van der Waals surface area contributed by atoms with Crippen molar-refractivity contribution in [2.24, 2.45) is 5.92 Å². The first kappa shape index (κ1) is 73.5. The van der Waals surface area contributed by atoms with E-state index in [1.807, 2.05) is 0 Å². The van der Waals surface area contributed by atoms with Gasteiger partial charge in [-0.25, -0.2) is 0 Å². The number of phenols is 12. The summed E-state index contributed by atoms with van der Waals surface area (Å²) >= 11 is 0. The molecule has 2 atom stereocenters. The average Bonchev–Trinajstić information content (AvgIpc) is 0.893. The van der Waals surface area contributed by atoms with Gasteiger partial charge >= 0.3 is 0 Å². The van der Waals surface area contributed by atoms with Crippen LogP contribution in [0.1, 0.15) is 98.6 Å². The number of Topliss-reactive ketones (excluding diaryl/α,β-unsaturated/α-hetero) is 3. The van der Waals surface area contributed by atoms with Gasteiger partial charge in [0.15, 0.2) is 23.1 Å². The lowest BCUT2D eigenvalue weighted by atomic mass is 9.89. The van der Waals surface area contributed by atoms with Crippen molar-refractivity contribution in [2.75, 3.05) is 35.0 Å². The molecule has 0 bridgehead atoms. The smallest absolute Gasteiger partial charge is 0.200 e. The van der Waals surface area contributed by atoms with Crippen molar-refractivity contribution >= 4 is 35.0 Å². The van der Waals surface area contributed by atoms with Gasteiger partial charge in [0.25, 0.3) is 0 Å². The van der Waals surface area contributed by atoms with Crippen LogP contribution >= 0.6 is 0 Å². The molecular weight excluding hydrogens is 1300 g/mol. The molecule has 0 radical (unpaired) electrons. The number of benzene rings is 10. The number of carbonyl (C=O) groups excluding carboxylic acids is 5. The highest BCUT2D eigenvalue weighted by atomic mass is 16.5. The molecule has 0 aliphatic carbocycles. The first-order valence-electron chi connectivity index (χ1n) is 30.8. The highest BCUT2D eigenvalue weighted by molar-refractivity contribution is 6.13. The summed E-state index contributed by atoms with van der Waals surface area (Å²) in [6.45, 7) is 0.302. The third-order valence-corrected chi connectivity index (χ3v) is 15.5. The van der Waals surface area contributed by atoms with Gasteiger partial charge in [0.1, 0.15) is 126 Å². The summed E-state index contributed by atoms with van der Waals surface area (Å²) in [5, 5.41) is 113. The molecule has 0 spiro atoms. The number of methoxy groups -OCH3 is 4. The van der Waals surface area contributed by atoms with Crippen LogP contribution in [0.25, 0.3) is 6.08 Å². The zero-order chi connectivity index (χ0) is 73.0. The molecule has 23 nitrogen and oxygen atoms in total. The molecule has 520 valence electrons. The number of ketones is 5. The van der Waals surface area contributed by atoms with Gasteiger partial charge in [-0.1, -0.05) is 54.6 Å². The molecule has 2 heterocycles. The van der Waals surface area contributed by atoms with Crippen molar-refractivity contribution in [2.45, 2.75) is 31.8 Å². The Hall–Kier alpha value is -13.3. The summed E-state index contributed by atoms with van der Waals surface area (Å²) in [5.41, 5.74) is 4.81. The monoisotopic (exact) mass is 1370 g/mol. The Morgan fingerprint density at radius 3 is 1.54 bits per heavy atom. The Bertz CT molecular complexity index is 4580. The second-order valence-corrected chi connectivity index (χ2v) is 22.5. The third kappa shape index (κ3) is 19.7. The van der Waals surface area contributed by atoms with Gasteiger partial charge in [0.2, 0.25) is 5.78 Å². The molecule has 0 aromatic heterocycles. The first-order chi connectivity index (χ1) is 48.3. The molecule has 12 N–H and O–H groups in total. The van der Waals surface area contributed by atoms with Crippen LogP contribution < -0.4 is 28.4 Å². The topological polar surface area (TPSA) is 383 Å². The van der Waals surface area contributed by atoms with E-state index in [0.717, 1.165) is 28.3 Å². The molecule has 2 aliphatic rings. The first-order valence-corrected chi connectivity index (χ1v) is 30.8. The third-order valence-electron chi connectivity index (χ3n) is 15.5. The maximum absolute atomic E-state index is 12.4. The average molecular weight is 1380 g/mol. The molecule has 0 amide bonds. The second-order valence-electron chi connectivity index (χ2n) is 22.5. The van der Waals surface area contributed by atoms with Crippen LogP contribution in [0.5, 0.6) is 103 Å². The molecule has 0 fully saturated rings. The fourth-order valence-electron chi connectivity index (χ4n) is 10.3. The molecule has 23 heteroatoms. The molecular formula is C78H70O23. The van der Waals surface area contributed by atoms with E-state index in [-0.39, 0.29) is 139 Å².